The molecule has 0 bridgehead atoms. The van der Waals surface area contributed by atoms with Crippen LogP contribution in [0, 0.1) is 6.92 Å². The number of anilines is 1. The van der Waals surface area contributed by atoms with E-state index in [1.807, 2.05) is 13.0 Å². The SMILES string of the molecule is CCCCc1[nH]n(C)c(=O)c1CNC(=O)c1cc(Cl)cc(N(CC)C2CCC(N(C)C)CC2)c1C. The highest BCUT2D eigenvalue weighted by atomic mass is 35.5. The quantitative estimate of drug-likeness (QED) is 0.495. The zero-order chi connectivity index (χ0) is 25.7. The first kappa shape index (κ1) is 27.3. The summed E-state index contributed by atoms with van der Waals surface area (Å²) in [5.41, 5.74) is 3.95. The standard InChI is InChI=1S/C27H42ClN5O2/c1-7-9-10-24-23(27(35)32(6)30-24)17-29-26(34)22-15-19(28)16-25(18(22)3)33(8-2)21-13-11-20(12-14-21)31(4)5/h15-16,20-21,30H,7-14,17H2,1-6H3,(H,29,34). The molecule has 2 N–H and O–H groups in total. The number of aromatic amines is 1. The number of hydrogen-bond acceptors (Lipinski definition) is 4. The van der Waals surface area contributed by atoms with Gasteiger partial charge in [-0.25, -0.2) is 0 Å². The Morgan fingerprint density at radius 3 is 2.43 bits per heavy atom. The number of aryl methyl sites for hydroxylation is 2. The summed E-state index contributed by atoms with van der Waals surface area (Å²) in [6.45, 7) is 7.34. The van der Waals surface area contributed by atoms with Crippen molar-refractivity contribution in [3.05, 3.63) is 49.9 Å². The predicted octanol–water partition coefficient (Wildman–Crippen LogP) is 4.65. The van der Waals surface area contributed by atoms with Gasteiger partial charge in [-0.3, -0.25) is 19.4 Å². The van der Waals surface area contributed by atoms with Crippen molar-refractivity contribution >= 4 is 23.2 Å². The van der Waals surface area contributed by atoms with Crippen molar-refractivity contribution in [2.24, 2.45) is 7.05 Å². The number of H-pyrrole nitrogens is 1. The Balaban J connectivity index is 1.80. The molecule has 0 atom stereocenters. The lowest BCUT2D eigenvalue weighted by Crippen LogP contribution is -2.42. The van der Waals surface area contributed by atoms with Crippen molar-refractivity contribution in [3.8, 4) is 0 Å². The summed E-state index contributed by atoms with van der Waals surface area (Å²) in [5.74, 6) is -0.205. The van der Waals surface area contributed by atoms with Crippen LogP contribution in [0.15, 0.2) is 16.9 Å². The zero-order valence-corrected chi connectivity index (χ0v) is 23.0. The van der Waals surface area contributed by atoms with Crippen molar-refractivity contribution in [2.45, 2.75) is 84.3 Å². The van der Waals surface area contributed by atoms with E-state index < -0.39 is 0 Å². The van der Waals surface area contributed by atoms with Crippen LogP contribution in [0.2, 0.25) is 5.02 Å². The Labute approximate surface area is 214 Å². The highest BCUT2D eigenvalue weighted by Gasteiger charge is 2.28. The van der Waals surface area contributed by atoms with Gasteiger partial charge in [-0.1, -0.05) is 24.9 Å². The molecule has 8 heteroatoms. The van der Waals surface area contributed by atoms with Gasteiger partial charge < -0.3 is 15.1 Å². The number of carbonyl (C=O) groups excluding carboxylic acids is 1. The second kappa shape index (κ2) is 12.1. The van der Waals surface area contributed by atoms with Gasteiger partial charge in [0, 0.05) is 47.6 Å². The summed E-state index contributed by atoms with van der Waals surface area (Å²) in [6, 6.07) is 4.79. The summed E-state index contributed by atoms with van der Waals surface area (Å²) in [4.78, 5) is 30.6. The fraction of sp³-hybridized carbons (Fsp3) is 0.630. The first-order valence-corrected chi connectivity index (χ1v) is 13.3. The van der Waals surface area contributed by atoms with E-state index in [4.69, 9.17) is 11.6 Å². The maximum absolute atomic E-state index is 13.3. The number of rotatable bonds is 10. The summed E-state index contributed by atoms with van der Waals surface area (Å²) in [7, 11) is 6.02. The molecule has 194 valence electrons. The summed E-state index contributed by atoms with van der Waals surface area (Å²) in [6.07, 6.45) is 7.42. The minimum Gasteiger partial charge on any atom is -0.369 e. The van der Waals surface area contributed by atoms with Crippen LogP contribution in [0.4, 0.5) is 5.69 Å². The third kappa shape index (κ3) is 6.31. The first-order chi connectivity index (χ1) is 16.7. The smallest absolute Gasteiger partial charge is 0.271 e. The molecule has 2 aromatic rings. The fourth-order valence-electron chi connectivity index (χ4n) is 5.37. The molecule has 1 aliphatic rings. The van der Waals surface area contributed by atoms with Crippen LogP contribution in [-0.2, 0) is 20.0 Å². The lowest BCUT2D eigenvalue weighted by Gasteiger charge is -2.40. The largest absolute Gasteiger partial charge is 0.369 e. The average Bonchev–Trinajstić information content (AvgIpc) is 3.11. The van der Waals surface area contributed by atoms with E-state index in [0.717, 1.165) is 55.6 Å². The van der Waals surface area contributed by atoms with Gasteiger partial charge in [0.1, 0.15) is 0 Å². The van der Waals surface area contributed by atoms with Gasteiger partial charge in [-0.2, -0.15) is 0 Å². The number of carbonyl (C=O) groups is 1. The lowest BCUT2D eigenvalue weighted by atomic mass is 9.89. The van der Waals surface area contributed by atoms with Crippen LogP contribution in [0.3, 0.4) is 0 Å². The maximum atomic E-state index is 13.3. The predicted molar refractivity (Wildman–Crippen MR) is 145 cm³/mol. The van der Waals surface area contributed by atoms with Gasteiger partial charge >= 0.3 is 0 Å². The monoisotopic (exact) mass is 503 g/mol. The number of benzene rings is 1. The Morgan fingerprint density at radius 1 is 1.17 bits per heavy atom. The second-order valence-corrected chi connectivity index (χ2v) is 10.5. The Morgan fingerprint density at radius 2 is 1.83 bits per heavy atom. The van der Waals surface area contributed by atoms with E-state index in [9.17, 15) is 9.59 Å². The van der Waals surface area contributed by atoms with Crippen molar-refractivity contribution in [1.82, 2.24) is 20.0 Å². The molecule has 1 amide bonds. The number of nitrogens with zero attached hydrogens (tertiary/aromatic N) is 3. The van der Waals surface area contributed by atoms with Crippen molar-refractivity contribution in [2.75, 3.05) is 25.5 Å². The van der Waals surface area contributed by atoms with Gasteiger partial charge in [0.15, 0.2) is 0 Å². The van der Waals surface area contributed by atoms with Crippen LogP contribution in [-0.4, -0.2) is 53.3 Å². The van der Waals surface area contributed by atoms with Gasteiger partial charge in [0.05, 0.1) is 12.1 Å². The fourth-order valence-corrected chi connectivity index (χ4v) is 5.58. The van der Waals surface area contributed by atoms with Crippen molar-refractivity contribution in [3.63, 3.8) is 0 Å². The van der Waals surface area contributed by atoms with E-state index in [1.165, 1.54) is 17.5 Å². The number of amides is 1. The molecule has 0 unspecified atom stereocenters. The molecular formula is C27H42ClN5O2. The second-order valence-electron chi connectivity index (χ2n) is 10.0. The Kier molecular flexibility index (Phi) is 9.47. The minimum atomic E-state index is -0.205. The highest BCUT2D eigenvalue weighted by Crippen LogP contribution is 2.34. The average molecular weight is 504 g/mol. The van der Waals surface area contributed by atoms with Crippen molar-refractivity contribution < 1.29 is 4.79 Å². The van der Waals surface area contributed by atoms with E-state index in [-0.39, 0.29) is 18.0 Å². The number of aromatic nitrogens is 2. The van der Waals surface area contributed by atoms with E-state index in [0.29, 0.717) is 28.2 Å². The van der Waals surface area contributed by atoms with Gasteiger partial charge in [0.25, 0.3) is 11.5 Å². The highest BCUT2D eigenvalue weighted by molar-refractivity contribution is 6.31. The Hall–Kier alpha value is -2.25. The Bertz CT molecular complexity index is 1070. The summed E-state index contributed by atoms with van der Waals surface area (Å²) >= 11 is 6.53. The molecule has 7 nitrogen and oxygen atoms in total. The van der Waals surface area contributed by atoms with Crippen molar-refractivity contribution in [1.29, 1.82) is 0 Å². The number of unbranched alkanes of at least 4 members (excludes halogenated alkanes) is 1. The topological polar surface area (TPSA) is 73.4 Å². The van der Waals surface area contributed by atoms with Crippen LogP contribution >= 0.6 is 11.6 Å². The van der Waals surface area contributed by atoms with Crippen LogP contribution in [0.1, 0.15) is 79.6 Å². The number of hydrogen-bond donors (Lipinski definition) is 2. The molecule has 0 aliphatic heterocycles. The summed E-state index contributed by atoms with van der Waals surface area (Å²) in [5, 5.41) is 6.67. The third-order valence-corrected chi connectivity index (χ3v) is 7.73. The molecule has 1 aromatic heterocycles. The molecule has 1 saturated carbocycles. The molecule has 0 radical (unpaired) electrons. The molecule has 1 aromatic carbocycles. The van der Waals surface area contributed by atoms with Crippen LogP contribution in [0.5, 0.6) is 0 Å². The molecule has 1 aliphatic carbocycles. The molecule has 3 rings (SSSR count). The molecule has 1 fully saturated rings. The normalized spacial score (nSPS) is 18.2. The first-order valence-electron chi connectivity index (χ1n) is 13.0. The number of nitrogens with one attached hydrogen (secondary N) is 2. The van der Waals surface area contributed by atoms with Gasteiger partial charge in [-0.05, 0) is 84.2 Å². The van der Waals surface area contributed by atoms with Gasteiger partial charge in [0.2, 0.25) is 0 Å². The van der Waals surface area contributed by atoms with Crippen LogP contribution in [0.25, 0.3) is 0 Å². The lowest BCUT2D eigenvalue weighted by molar-refractivity contribution is 0.0950. The maximum Gasteiger partial charge on any atom is 0.271 e. The third-order valence-electron chi connectivity index (χ3n) is 7.51. The molecular weight excluding hydrogens is 462 g/mol. The molecule has 0 spiro atoms. The van der Waals surface area contributed by atoms with E-state index in [2.05, 4.69) is 48.2 Å². The van der Waals surface area contributed by atoms with Gasteiger partial charge in [-0.15, -0.1) is 0 Å². The molecule has 35 heavy (non-hydrogen) atoms. The summed E-state index contributed by atoms with van der Waals surface area (Å²) < 4.78 is 1.49. The molecule has 1 heterocycles. The zero-order valence-electron chi connectivity index (χ0n) is 22.2. The molecule has 0 saturated heterocycles. The minimum absolute atomic E-state index is 0.0922. The van der Waals surface area contributed by atoms with Crippen LogP contribution < -0.4 is 15.8 Å². The van der Waals surface area contributed by atoms with E-state index >= 15 is 0 Å². The number of halogens is 1. The van der Waals surface area contributed by atoms with E-state index in [1.54, 1.807) is 13.1 Å².